The molecule has 0 aliphatic heterocycles. The lowest BCUT2D eigenvalue weighted by atomic mass is 10.0. The van der Waals surface area contributed by atoms with Crippen LogP contribution in [-0.4, -0.2) is 29.9 Å². The Morgan fingerprint density at radius 3 is 1.38 bits per heavy atom. The molecule has 0 rings (SSSR count). The number of carbonyl (C=O) groups is 1. The maximum atomic E-state index is 12.6. The number of rotatable bonds is 6. The monoisotopic (exact) mass is 344 g/mol. The van der Waals surface area contributed by atoms with Gasteiger partial charge in [-0.25, -0.2) is 0 Å². The largest absolute Gasteiger partial charge is 0.472 e. The van der Waals surface area contributed by atoms with Gasteiger partial charge in [0.2, 0.25) is 0 Å². The molecule has 0 aliphatic rings. The highest BCUT2D eigenvalue weighted by Gasteiger charge is 2.85. The van der Waals surface area contributed by atoms with Crippen molar-refractivity contribution in [1.82, 2.24) is 0 Å². The van der Waals surface area contributed by atoms with Gasteiger partial charge in [-0.3, -0.25) is 4.79 Å². The standard InChI is InChI=1S/C7F12O2/c8-1(9)2(10)21-7(18,19)6(16,17)5(14,15)4(12,13)3(11)20. The van der Waals surface area contributed by atoms with Gasteiger partial charge in [0.25, 0.3) is 0 Å². The quantitative estimate of drug-likeness (QED) is 0.413. The first-order chi connectivity index (χ1) is 9.02. The molecule has 0 bridgehead atoms. The number of hydrogen-bond acceptors (Lipinski definition) is 2. The lowest BCUT2D eigenvalue weighted by Crippen LogP contribution is -2.64. The van der Waals surface area contributed by atoms with Crippen LogP contribution in [0, 0.1) is 0 Å². The van der Waals surface area contributed by atoms with Gasteiger partial charge in [-0.1, -0.05) is 0 Å². The van der Waals surface area contributed by atoms with Gasteiger partial charge >= 0.3 is 42.0 Å². The average Bonchev–Trinajstić information content (AvgIpc) is 2.26. The Morgan fingerprint density at radius 1 is 0.714 bits per heavy atom. The van der Waals surface area contributed by atoms with Gasteiger partial charge in [0.05, 0.1) is 0 Å². The number of hydrogen-bond donors (Lipinski definition) is 0. The van der Waals surface area contributed by atoms with Crippen LogP contribution in [0.1, 0.15) is 0 Å². The Labute approximate surface area is 106 Å². The first-order valence-corrected chi connectivity index (χ1v) is 4.13. The topological polar surface area (TPSA) is 26.3 Å². The third-order valence-corrected chi connectivity index (χ3v) is 1.77. The molecule has 0 aromatic rings. The zero-order valence-electron chi connectivity index (χ0n) is 8.85. The molecule has 0 aromatic heterocycles. The summed E-state index contributed by atoms with van der Waals surface area (Å²) in [5, 5.41) is 0. The molecule has 2 nitrogen and oxygen atoms in total. The van der Waals surface area contributed by atoms with Gasteiger partial charge in [-0.15, -0.1) is 0 Å². The van der Waals surface area contributed by atoms with Crippen molar-refractivity contribution in [3.8, 4) is 0 Å². The molecular formula is C7F12O2. The Bertz CT molecular complexity index is 449. The van der Waals surface area contributed by atoms with E-state index in [4.69, 9.17) is 0 Å². The molecule has 0 radical (unpaired) electrons. The fourth-order valence-electron chi connectivity index (χ4n) is 0.719. The number of alkyl halides is 8. The predicted molar refractivity (Wildman–Crippen MR) is 37.3 cm³/mol. The van der Waals surface area contributed by atoms with E-state index < -0.39 is 42.0 Å². The molecule has 0 unspecified atom stereocenters. The number of ether oxygens (including phenoxy) is 1. The summed E-state index contributed by atoms with van der Waals surface area (Å²) in [5.74, 6) is -21.8. The maximum Gasteiger partial charge on any atom is 0.472 e. The summed E-state index contributed by atoms with van der Waals surface area (Å²) in [6, 6.07) is -8.19. The number of carbonyl (C=O) groups excluding carboxylic acids is 1. The first kappa shape index (κ1) is 19.4. The van der Waals surface area contributed by atoms with E-state index in [1.165, 1.54) is 0 Å². The van der Waals surface area contributed by atoms with Crippen molar-refractivity contribution in [2.45, 2.75) is 23.9 Å². The van der Waals surface area contributed by atoms with Crippen molar-refractivity contribution in [3.63, 3.8) is 0 Å². The molecule has 21 heavy (non-hydrogen) atoms. The van der Waals surface area contributed by atoms with Gasteiger partial charge < -0.3 is 4.74 Å². The van der Waals surface area contributed by atoms with E-state index in [2.05, 4.69) is 0 Å². The Morgan fingerprint density at radius 2 is 1.10 bits per heavy atom. The summed E-state index contributed by atoms with van der Waals surface area (Å²) in [7, 11) is 0. The normalized spacial score (nSPS) is 13.9. The van der Waals surface area contributed by atoms with Crippen LogP contribution >= 0.6 is 0 Å². The summed E-state index contributed by atoms with van der Waals surface area (Å²) in [6.45, 7) is 0. The van der Waals surface area contributed by atoms with Crippen molar-refractivity contribution < 1.29 is 62.2 Å². The lowest BCUT2D eigenvalue weighted by molar-refractivity contribution is -0.418. The zero-order valence-corrected chi connectivity index (χ0v) is 8.85. The summed E-state index contributed by atoms with van der Waals surface area (Å²) < 4.78 is 148. The third-order valence-electron chi connectivity index (χ3n) is 1.77. The molecule has 124 valence electrons. The lowest BCUT2D eigenvalue weighted by Gasteiger charge is -2.33. The fraction of sp³-hybridized carbons (Fsp3) is 0.571. The van der Waals surface area contributed by atoms with Crippen molar-refractivity contribution in [3.05, 3.63) is 12.1 Å². The summed E-state index contributed by atoms with van der Waals surface area (Å²) >= 11 is 0. The first-order valence-electron chi connectivity index (χ1n) is 4.13. The van der Waals surface area contributed by atoms with E-state index in [9.17, 15) is 57.5 Å². The fourth-order valence-corrected chi connectivity index (χ4v) is 0.719. The van der Waals surface area contributed by atoms with Crippen molar-refractivity contribution in [2.24, 2.45) is 0 Å². The van der Waals surface area contributed by atoms with Crippen LogP contribution in [0.25, 0.3) is 0 Å². The van der Waals surface area contributed by atoms with E-state index in [0.29, 0.717) is 0 Å². The maximum absolute atomic E-state index is 12.6. The van der Waals surface area contributed by atoms with Crippen LogP contribution in [0.2, 0.25) is 0 Å². The highest BCUT2D eigenvalue weighted by molar-refractivity contribution is 5.78. The predicted octanol–water partition coefficient (Wildman–Crippen LogP) is 4.03. The molecule has 0 saturated carbocycles. The van der Waals surface area contributed by atoms with Crippen molar-refractivity contribution in [1.29, 1.82) is 0 Å². The second-order valence-electron chi connectivity index (χ2n) is 3.15. The highest BCUT2D eigenvalue weighted by atomic mass is 19.4. The molecule has 0 atom stereocenters. The molecular weight excluding hydrogens is 344 g/mol. The summed E-state index contributed by atoms with van der Waals surface area (Å²) in [6.07, 6.45) is -10.8. The number of halogens is 12. The van der Waals surface area contributed by atoms with E-state index in [1.54, 1.807) is 0 Å². The Balaban J connectivity index is 5.85. The molecule has 0 aromatic carbocycles. The molecule has 0 fully saturated rings. The highest BCUT2D eigenvalue weighted by Crippen LogP contribution is 2.53. The van der Waals surface area contributed by atoms with Crippen LogP contribution in [-0.2, 0) is 9.53 Å². The van der Waals surface area contributed by atoms with Gasteiger partial charge in [-0.2, -0.15) is 52.7 Å². The van der Waals surface area contributed by atoms with Crippen molar-refractivity contribution >= 4 is 6.04 Å². The molecule has 0 saturated heterocycles. The van der Waals surface area contributed by atoms with Gasteiger partial charge in [-0.05, 0) is 0 Å². The molecule has 0 amide bonds. The average molecular weight is 344 g/mol. The van der Waals surface area contributed by atoms with Crippen LogP contribution < -0.4 is 0 Å². The minimum atomic E-state index is -7.43. The van der Waals surface area contributed by atoms with Crippen LogP contribution in [0.3, 0.4) is 0 Å². The smallest absolute Gasteiger partial charge is 0.397 e. The van der Waals surface area contributed by atoms with Crippen LogP contribution in [0.5, 0.6) is 0 Å². The SMILES string of the molecule is O=C(F)C(F)(F)C(F)(F)C(F)(F)C(F)(F)OC(F)=C(F)F. The van der Waals surface area contributed by atoms with Crippen LogP contribution in [0.4, 0.5) is 52.7 Å². The molecule has 0 aliphatic carbocycles. The van der Waals surface area contributed by atoms with E-state index in [0.717, 1.165) is 0 Å². The third kappa shape index (κ3) is 3.02. The molecule has 14 heteroatoms. The summed E-state index contributed by atoms with van der Waals surface area (Å²) in [5.41, 5.74) is 0. The molecule has 0 N–H and O–H groups in total. The molecule has 0 heterocycles. The Hall–Kier alpha value is -1.63. The minimum absolute atomic E-state index is 1.86. The van der Waals surface area contributed by atoms with Crippen molar-refractivity contribution in [2.75, 3.05) is 0 Å². The summed E-state index contributed by atoms with van der Waals surface area (Å²) in [4.78, 5) is 9.50. The van der Waals surface area contributed by atoms with Gasteiger partial charge in [0.15, 0.2) is 0 Å². The van der Waals surface area contributed by atoms with E-state index in [1.807, 2.05) is 4.74 Å². The van der Waals surface area contributed by atoms with E-state index in [-0.39, 0.29) is 0 Å². The van der Waals surface area contributed by atoms with Gasteiger partial charge in [0.1, 0.15) is 0 Å². The minimum Gasteiger partial charge on any atom is -0.397 e. The zero-order chi connectivity index (χ0) is 17.4. The van der Waals surface area contributed by atoms with E-state index >= 15 is 0 Å². The Kier molecular flexibility index (Phi) is 4.88. The van der Waals surface area contributed by atoms with Crippen LogP contribution in [0.15, 0.2) is 12.1 Å². The second kappa shape index (κ2) is 5.29. The molecule has 0 spiro atoms. The van der Waals surface area contributed by atoms with Gasteiger partial charge in [0, 0.05) is 0 Å². The second-order valence-corrected chi connectivity index (χ2v) is 3.15.